The third-order valence-corrected chi connectivity index (χ3v) is 3.16. The van der Waals surface area contributed by atoms with E-state index in [-0.39, 0.29) is 12.7 Å². The van der Waals surface area contributed by atoms with Crippen LogP contribution in [0.5, 0.6) is 5.75 Å². The zero-order valence-corrected chi connectivity index (χ0v) is 11.3. The fourth-order valence-electron chi connectivity index (χ4n) is 2.18. The highest BCUT2D eigenvalue weighted by molar-refractivity contribution is 5.33. The number of aliphatic hydroxyl groups is 1. The van der Waals surface area contributed by atoms with E-state index >= 15 is 0 Å². The van der Waals surface area contributed by atoms with Gasteiger partial charge in [-0.1, -0.05) is 18.2 Å². The first-order valence-electron chi connectivity index (χ1n) is 6.80. The van der Waals surface area contributed by atoms with Crippen molar-refractivity contribution in [2.45, 2.75) is 45.4 Å². The summed E-state index contributed by atoms with van der Waals surface area (Å²) in [5.41, 5.74) is 1.21. The highest BCUT2D eigenvalue weighted by Crippen LogP contribution is 2.30. The Morgan fingerprint density at radius 1 is 1.33 bits per heavy atom. The van der Waals surface area contributed by atoms with Gasteiger partial charge in [0.25, 0.3) is 0 Å². The van der Waals surface area contributed by atoms with Crippen molar-refractivity contribution in [3.63, 3.8) is 0 Å². The summed E-state index contributed by atoms with van der Waals surface area (Å²) in [6, 6.07) is 8.86. The third-order valence-electron chi connectivity index (χ3n) is 3.16. The van der Waals surface area contributed by atoms with Gasteiger partial charge in [-0.25, -0.2) is 0 Å². The van der Waals surface area contributed by atoms with Crippen molar-refractivity contribution < 1.29 is 9.84 Å². The molecule has 1 aromatic carbocycles. The summed E-state index contributed by atoms with van der Waals surface area (Å²) in [6.45, 7) is 5.94. The maximum absolute atomic E-state index is 9.13. The normalized spacial score (nSPS) is 15.4. The highest BCUT2D eigenvalue weighted by atomic mass is 16.5. The number of benzene rings is 1. The van der Waals surface area contributed by atoms with Gasteiger partial charge in [0.2, 0.25) is 0 Å². The molecule has 0 heterocycles. The van der Waals surface area contributed by atoms with E-state index in [9.17, 15) is 0 Å². The van der Waals surface area contributed by atoms with Crippen molar-refractivity contribution in [3.8, 4) is 5.75 Å². The molecule has 1 saturated carbocycles. The first-order valence-corrected chi connectivity index (χ1v) is 6.80. The molecule has 18 heavy (non-hydrogen) atoms. The van der Waals surface area contributed by atoms with Crippen LogP contribution < -0.4 is 4.74 Å². The number of hydrogen-bond acceptors (Lipinski definition) is 3. The summed E-state index contributed by atoms with van der Waals surface area (Å²) in [5.74, 6) is 0.969. The molecule has 0 spiro atoms. The Balaban J connectivity index is 2.06. The van der Waals surface area contributed by atoms with E-state index in [1.807, 2.05) is 32.0 Å². The average Bonchev–Trinajstić information content (AvgIpc) is 3.14. The molecule has 0 radical (unpaired) electrons. The van der Waals surface area contributed by atoms with Gasteiger partial charge in [-0.2, -0.15) is 0 Å². The quantitative estimate of drug-likeness (QED) is 0.805. The zero-order valence-electron chi connectivity index (χ0n) is 11.3. The van der Waals surface area contributed by atoms with Gasteiger partial charge in [-0.05, 0) is 32.8 Å². The Morgan fingerprint density at radius 2 is 2.06 bits per heavy atom. The SMILES string of the molecule is CC(C)Oc1ccccc1CN(CCO)C1CC1. The highest BCUT2D eigenvalue weighted by Gasteiger charge is 2.28. The van der Waals surface area contributed by atoms with E-state index in [0.29, 0.717) is 6.04 Å². The predicted molar refractivity (Wildman–Crippen MR) is 72.7 cm³/mol. The molecular formula is C15H23NO2. The van der Waals surface area contributed by atoms with E-state index in [1.165, 1.54) is 18.4 Å². The van der Waals surface area contributed by atoms with Crippen molar-refractivity contribution in [2.24, 2.45) is 0 Å². The number of aliphatic hydroxyl groups excluding tert-OH is 1. The molecule has 0 atom stereocenters. The minimum absolute atomic E-state index is 0.193. The van der Waals surface area contributed by atoms with Crippen LogP contribution >= 0.6 is 0 Å². The van der Waals surface area contributed by atoms with Crippen LogP contribution in [0.4, 0.5) is 0 Å². The van der Waals surface area contributed by atoms with E-state index in [1.54, 1.807) is 0 Å². The summed E-state index contributed by atoms with van der Waals surface area (Å²) in [5, 5.41) is 9.13. The van der Waals surface area contributed by atoms with Crippen LogP contribution in [-0.4, -0.2) is 35.3 Å². The van der Waals surface area contributed by atoms with E-state index in [2.05, 4.69) is 11.0 Å². The van der Waals surface area contributed by atoms with E-state index < -0.39 is 0 Å². The molecule has 1 aliphatic rings. The first-order chi connectivity index (χ1) is 8.70. The molecule has 1 fully saturated rings. The minimum atomic E-state index is 0.193. The second kappa shape index (κ2) is 6.21. The first kappa shape index (κ1) is 13.4. The standard InChI is InChI=1S/C15H23NO2/c1-12(2)18-15-6-4-3-5-13(15)11-16(9-10-17)14-7-8-14/h3-6,12,14,17H,7-11H2,1-2H3. The molecule has 0 bridgehead atoms. The van der Waals surface area contributed by atoms with Gasteiger partial charge in [0.1, 0.15) is 5.75 Å². The van der Waals surface area contributed by atoms with Gasteiger partial charge < -0.3 is 9.84 Å². The second-order valence-electron chi connectivity index (χ2n) is 5.20. The summed E-state index contributed by atoms with van der Waals surface area (Å²) >= 11 is 0. The predicted octanol–water partition coefficient (Wildman–Crippen LogP) is 2.43. The molecule has 0 amide bonds. The average molecular weight is 249 g/mol. The Morgan fingerprint density at radius 3 is 2.67 bits per heavy atom. The van der Waals surface area contributed by atoms with Gasteiger partial charge >= 0.3 is 0 Å². The van der Waals surface area contributed by atoms with Crippen molar-refractivity contribution >= 4 is 0 Å². The van der Waals surface area contributed by atoms with Crippen LogP contribution in [0, 0.1) is 0 Å². The maximum Gasteiger partial charge on any atom is 0.124 e. The van der Waals surface area contributed by atoms with Crippen molar-refractivity contribution in [1.29, 1.82) is 0 Å². The molecule has 0 aliphatic heterocycles. The molecule has 3 nitrogen and oxygen atoms in total. The Bertz CT molecular complexity index is 375. The van der Waals surface area contributed by atoms with Crippen LogP contribution in [0.15, 0.2) is 24.3 Å². The van der Waals surface area contributed by atoms with Crippen LogP contribution in [0.1, 0.15) is 32.3 Å². The van der Waals surface area contributed by atoms with E-state index in [4.69, 9.17) is 9.84 Å². The lowest BCUT2D eigenvalue weighted by Gasteiger charge is -2.23. The fraction of sp³-hybridized carbons (Fsp3) is 0.600. The number of rotatable bonds is 7. The lowest BCUT2D eigenvalue weighted by atomic mass is 10.2. The third kappa shape index (κ3) is 3.72. The van der Waals surface area contributed by atoms with Crippen LogP contribution in [-0.2, 0) is 6.54 Å². The molecule has 1 N–H and O–H groups in total. The summed E-state index contributed by atoms with van der Waals surface area (Å²) in [7, 11) is 0. The van der Waals surface area contributed by atoms with Gasteiger partial charge in [0.05, 0.1) is 12.7 Å². The van der Waals surface area contributed by atoms with Gasteiger partial charge in [0, 0.05) is 24.7 Å². The van der Waals surface area contributed by atoms with Crippen LogP contribution in [0.3, 0.4) is 0 Å². The van der Waals surface area contributed by atoms with Gasteiger partial charge in [0.15, 0.2) is 0 Å². The molecule has 0 saturated heterocycles. The Kier molecular flexibility index (Phi) is 4.61. The van der Waals surface area contributed by atoms with Crippen LogP contribution in [0.2, 0.25) is 0 Å². The Labute approximate surface area is 109 Å². The zero-order chi connectivity index (χ0) is 13.0. The molecule has 1 aromatic rings. The second-order valence-corrected chi connectivity index (χ2v) is 5.20. The monoisotopic (exact) mass is 249 g/mol. The lowest BCUT2D eigenvalue weighted by molar-refractivity contribution is 0.178. The molecule has 100 valence electrons. The molecule has 2 rings (SSSR count). The molecule has 3 heteroatoms. The number of nitrogens with zero attached hydrogens (tertiary/aromatic N) is 1. The Hall–Kier alpha value is -1.06. The molecular weight excluding hydrogens is 226 g/mol. The van der Waals surface area contributed by atoms with Crippen molar-refractivity contribution in [1.82, 2.24) is 4.90 Å². The van der Waals surface area contributed by atoms with Gasteiger partial charge in [-0.3, -0.25) is 4.90 Å². The number of para-hydroxylation sites is 1. The minimum Gasteiger partial charge on any atom is -0.491 e. The smallest absolute Gasteiger partial charge is 0.124 e. The summed E-state index contributed by atoms with van der Waals surface area (Å²) in [6.07, 6.45) is 2.71. The topological polar surface area (TPSA) is 32.7 Å². The molecule has 0 aromatic heterocycles. The van der Waals surface area contributed by atoms with Crippen molar-refractivity contribution in [2.75, 3.05) is 13.2 Å². The summed E-state index contributed by atoms with van der Waals surface area (Å²) in [4.78, 5) is 2.35. The van der Waals surface area contributed by atoms with Crippen molar-refractivity contribution in [3.05, 3.63) is 29.8 Å². The van der Waals surface area contributed by atoms with Crippen LogP contribution in [0.25, 0.3) is 0 Å². The van der Waals surface area contributed by atoms with E-state index in [0.717, 1.165) is 18.8 Å². The lowest BCUT2D eigenvalue weighted by Crippen LogP contribution is -2.29. The number of ether oxygens (including phenoxy) is 1. The van der Waals surface area contributed by atoms with Gasteiger partial charge in [-0.15, -0.1) is 0 Å². The fourth-order valence-corrected chi connectivity index (χ4v) is 2.18. The summed E-state index contributed by atoms with van der Waals surface area (Å²) < 4.78 is 5.84. The largest absolute Gasteiger partial charge is 0.491 e. The molecule has 0 unspecified atom stereocenters. The maximum atomic E-state index is 9.13. The molecule has 1 aliphatic carbocycles. The number of hydrogen-bond donors (Lipinski definition) is 1.